The van der Waals surface area contributed by atoms with Crippen LogP contribution in [0.3, 0.4) is 0 Å². The van der Waals surface area contributed by atoms with Crippen molar-refractivity contribution in [1.29, 1.82) is 0 Å². The van der Waals surface area contributed by atoms with E-state index in [0.717, 1.165) is 24.2 Å². The average Bonchev–Trinajstić information content (AvgIpc) is 2.38. The van der Waals surface area contributed by atoms with Crippen LogP contribution in [0, 0.1) is 29.6 Å². The van der Waals surface area contributed by atoms with E-state index in [0.29, 0.717) is 11.8 Å². The maximum atomic E-state index is 11.1. The molecule has 2 rings (SSSR count). The molecule has 18 heavy (non-hydrogen) atoms. The highest BCUT2D eigenvalue weighted by Crippen LogP contribution is 2.39. The minimum Gasteiger partial charge on any atom is -0.303 e. The minimum atomic E-state index is 0.386. The first-order valence-corrected chi connectivity index (χ1v) is 8.16. The van der Waals surface area contributed by atoms with Crippen molar-refractivity contribution in [3.05, 3.63) is 0 Å². The fourth-order valence-corrected chi connectivity index (χ4v) is 4.36. The van der Waals surface area contributed by atoms with Crippen molar-refractivity contribution in [1.82, 2.24) is 0 Å². The molecule has 0 heterocycles. The number of hydrogen-bond donors (Lipinski definition) is 0. The highest BCUT2D eigenvalue weighted by molar-refractivity contribution is 5.54. The van der Waals surface area contributed by atoms with Gasteiger partial charge < -0.3 is 4.79 Å². The normalized spacial score (nSPS) is 41.6. The maximum absolute atomic E-state index is 11.1. The monoisotopic (exact) mass is 250 g/mol. The third-order valence-corrected chi connectivity index (χ3v) is 5.66. The Morgan fingerprint density at radius 2 is 1.67 bits per heavy atom. The summed E-state index contributed by atoms with van der Waals surface area (Å²) < 4.78 is 0. The molecular formula is C17H30O. The van der Waals surface area contributed by atoms with Gasteiger partial charge >= 0.3 is 0 Å². The molecule has 0 bridgehead atoms. The summed E-state index contributed by atoms with van der Waals surface area (Å²) in [4.78, 5) is 11.1. The Hall–Kier alpha value is -0.330. The summed E-state index contributed by atoms with van der Waals surface area (Å²) in [6.45, 7) is 4.84. The average molecular weight is 250 g/mol. The van der Waals surface area contributed by atoms with Crippen molar-refractivity contribution < 1.29 is 4.79 Å². The van der Waals surface area contributed by atoms with E-state index in [-0.39, 0.29) is 0 Å². The second-order valence-corrected chi connectivity index (χ2v) is 7.08. The first-order valence-electron chi connectivity index (χ1n) is 8.16. The van der Waals surface area contributed by atoms with Crippen LogP contribution in [0.5, 0.6) is 0 Å². The maximum Gasteiger partial charge on any atom is 0.123 e. The summed E-state index contributed by atoms with van der Waals surface area (Å²) in [5, 5.41) is 0. The van der Waals surface area contributed by atoms with Crippen LogP contribution < -0.4 is 0 Å². The first kappa shape index (κ1) is 14.1. The van der Waals surface area contributed by atoms with Crippen molar-refractivity contribution >= 4 is 6.29 Å². The van der Waals surface area contributed by atoms with Gasteiger partial charge in [0, 0.05) is 5.92 Å². The molecular weight excluding hydrogens is 220 g/mol. The Bertz CT molecular complexity index is 260. The molecule has 0 aliphatic heterocycles. The van der Waals surface area contributed by atoms with Gasteiger partial charge in [-0.05, 0) is 62.2 Å². The van der Waals surface area contributed by atoms with E-state index in [1.165, 1.54) is 57.7 Å². The molecule has 2 aliphatic rings. The van der Waals surface area contributed by atoms with Gasteiger partial charge in [-0.15, -0.1) is 0 Å². The van der Waals surface area contributed by atoms with Gasteiger partial charge in [-0.1, -0.05) is 33.1 Å². The zero-order valence-electron chi connectivity index (χ0n) is 12.2. The quantitative estimate of drug-likeness (QED) is 0.652. The van der Waals surface area contributed by atoms with Crippen LogP contribution >= 0.6 is 0 Å². The van der Waals surface area contributed by atoms with Crippen LogP contribution in [0.4, 0.5) is 0 Å². The summed E-state index contributed by atoms with van der Waals surface area (Å²) in [6, 6.07) is 0. The van der Waals surface area contributed by atoms with Crippen molar-refractivity contribution in [3.63, 3.8) is 0 Å². The summed E-state index contributed by atoms with van der Waals surface area (Å²) in [5.41, 5.74) is 0. The van der Waals surface area contributed by atoms with E-state index in [4.69, 9.17) is 0 Å². The molecule has 2 aliphatic carbocycles. The number of hydrogen-bond acceptors (Lipinski definition) is 1. The molecule has 1 nitrogen and oxygen atoms in total. The van der Waals surface area contributed by atoms with Crippen molar-refractivity contribution in [2.75, 3.05) is 0 Å². The molecule has 0 amide bonds. The number of aldehydes is 1. The molecule has 0 aromatic heterocycles. The van der Waals surface area contributed by atoms with Gasteiger partial charge in [0.05, 0.1) is 0 Å². The Morgan fingerprint density at radius 3 is 2.39 bits per heavy atom. The topological polar surface area (TPSA) is 17.1 Å². The molecule has 0 radical (unpaired) electrons. The lowest BCUT2D eigenvalue weighted by Crippen LogP contribution is -2.25. The van der Waals surface area contributed by atoms with Gasteiger partial charge in [0.2, 0.25) is 0 Å². The molecule has 0 aromatic rings. The van der Waals surface area contributed by atoms with Crippen LogP contribution in [-0.4, -0.2) is 6.29 Å². The van der Waals surface area contributed by atoms with E-state index in [9.17, 15) is 4.79 Å². The molecule has 1 heteroatoms. The largest absolute Gasteiger partial charge is 0.303 e. The van der Waals surface area contributed by atoms with E-state index >= 15 is 0 Å². The van der Waals surface area contributed by atoms with Crippen LogP contribution in [-0.2, 0) is 4.79 Å². The fraction of sp³-hybridized carbons (Fsp3) is 0.941. The summed E-state index contributed by atoms with van der Waals surface area (Å²) in [5.74, 6) is 3.88. The van der Waals surface area contributed by atoms with Gasteiger partial charge in [-0.2, -0.15) is 0 Å². The molecule has 0 N–H and O–H groups in total. The van der Waals surface area contributed by atoms with Crippen LogP contribution in [0.25, 0.3) is 0 Å². The fourth-order valence-electron chi connectivity index (χ4n) is 4.36. The molecule has 104 valence electrons. The standard InChI is InChI=1S/C17H30O/c1-13-7-8-15(14(2)11-13)9-10-16-5-3-4-6-17(16)12-18/h12-17H,3-11H2,1-2H3. The number of rotatable bonds is 4. The third kappa shape index (κ3) is 3.59. The van der Waals surface area contributed by atoms with E-state index in [1.807, 2.05) is 0 Å². The molecule has 5 atom stereocenters. The van der Waals surface area contributed by atoms with Gasteiger partial charge in [0.1, 0.15) is 6.29 Å². The highest BCUT2D eigenvalue weighted by Gasteiger charge is 2.28. The Morgan fingerprint density at radius 1 is 0.944 bits per heavy atom. The number of carbonyl (C=O) groups excluding carboxylic acids is 1. The van der Waals surface area contributed by atoms with Crippen LogP contribution in [0.1, 0.15) is 71.6 Å². The zero-order chi connectivity index (χ0) is 13.0. The number of carbonyl (C=O) groups is 1. The Balaban J connectivity index is 1.77. The summed E-state index contributed by atoms with van der Waals surface area (Å²) in [7, 11) is 0. The predicted octanol–water partition coefficient (Wildman–Crippen LogP) is 4.84. The summed E-state index contributed by atoms with van der Waals surface area (Å²) >= 11 is 0. The molecule has 5 unspecified atom stereocenters. The predicted molar refractivity (Wildman–Crippen MR) is 76.4 cm³/mol. The molecule has 0 spiro atoms. The van der Waals surface area contributed by atoms with Gasteiger partial charge in [-0.3, -0.25) is 0 Å². The molecule has 2 saturated carbocycles. The lowest BCUT2D eigenvalue weighted by atomic mass is 9.71. The van der Waals surface area contributed by atoms with E-state index in [1.54, 1.807) is 0 Å². The van der Waals surface area contributed by atoms with Crippen LogP contribution in [0.2, 0.25) is 0 Å². The van der Waals surface area contributed by atoms with E-state index in [2.05, 4.69) is 13.8 Å². The smallest absolute Gasteiger partial charge is 0.123 e. The second kappa shape index (κ2) is 6.73. The third-order valence-electron chi connectivity index (χ3n) is 5.66. The van der Waals surface area contributed by atoms with E-state index < -0.39 is 0 Å². The highest BCUT2D eigenvalue weighted by atomic mass is 16.1. The Kier molecular flexibility index (Phi) is 5.26. The van der Waals surface area contributed by atoms with Crippen molar-refractivity contribution in [2.45, 2.75) is 71.6 Å². The molecule has 0 saturated heterocycles. The van der Waals surface area contributed by atoms with Crippen molar-refractivity contribution in [3.8, 4) is 0 Å². The first-order chi connectivity index (χ1) is 8.70. The van der Waals surface area contributed by atoms with Gasteiger partial charge in [0.15, 0.2) is 0 Å². The lowest BCUT2D eigenvalue weighted by molar-refractivity contribution is -0.113. The zero-order valence-corrected chi connectivity index (χ0v) is 12.2. The van der Waals surface area contributed by atoms with Crippen LogP contribution in [0.15, 0.2) is 0 Å². The Labute approximate surface area is 113 Å². The lowest BCUT2D eigenvalue weighted by Gasteiger charge is -2.35. The minimum absolute atomic E-state index is 0.386. The SMILES string of the molecule is CC1CCC(CCC2CCCCC2C=O)C(C)C1. The summed E-state index contributed by atoms with van der Waals surface area (Å²) in [6.07, 6.45) is 13.3. The molecule has 0 aromatic carbocycles. The second-order valence-electron chi connectivity index (χ2n) is 7.08. The van der Waals surface area contributed by atoms with Crippen molar-refractivity contribution in [2.24, 2.45) is 29.6 Å². The van der Waals surface area contributed by atoms with Gasteiger partial charge in [0.25, 0.3) is 0 Å². The molecule has 2 fully saturated rings. The van der Waals surface area contributed by atoms with Gasteiger partial charge in [-0.25, -0.2) is 0 Å².